The average Bonchev–Trinajstić information content (AvgIpc) is 3.50. The van der Waals surface area contributed by atoms with Crippen LogP contribution in [0.25, 0.3) is 56.4 Å². The first-order chi connectivity index (χ1) is 25.7. The first-order valence-electron chi connectivity index (χ1n) is 17.3. The average molecular weight is 665 g/mol. The van der Waals surface area contributed by atoms with E-state index in [0.717, 1.165) is 72.7 Å². The van der Waals surface area contributed by atoms with Crippen LogP contribution in [0.5, 0.6) is 11.5 Å². The quantitative estimate of drug-likeness (QED) is 0.187. The van der Waals surface area contributed by atoms with Crippen molar-refractivity contribution in [2.24, 2.45) is 0 Å². The van der Waals surface area contributed by atoms with Crippen LogP contribution >= 0.6 is 0 Å². The van der Waals surface area contributed by atoms with Crippen molar-refractivity contribution in [3.63, 3.8) is 0 Å². The van der Waals surface area contributed by atoms with E-state index >= 15 is 0 Å². The van der Waals surface area contributed by atoms with Crippen LogP contribution in [0.4, 0.5) is 0 Å². The molecule has 5 heteroatoms. The molecule has 0 unspecified atom stereocenters. The SMILES string of the molecule is N#Cc1ccc2c(c1)C1(c3ccccc3Oc3ccccc31)c1cc(-c3ccccc3-c3nc(-c4ccccc4)nc(-c4ccccc4)n3)ccc1-2. The Morgan fingerprint density at radius 2 is 0.904 bits per heavy atom. The molecule has 0 radical (unpaired) electrons. The topological polar surface area (TPSA) is 71.7 Å². The molecule has 0 fully saturated rings. The van der Waals surface area contributed by atoms with Crippen LogP contribution in [0.3, 0.4) is 0 Å². The van der Waals surface area contributed by atoms with Crippen molar-refractivity contribution in [3.8, 4) is 74.0 Å². The van der Waals surface area contributed by atoms with E-state index in [0.29, 0.717) is 23.0 Å². The van der Waals surface area contributed by atoms with Gasteiger partial charge in [0.1, 0.15) is 11.5 Å². The Labute approximate surface area is 301 Å². The third-order valence-electron chi connectivity index (χ3n) is 10.2. The van der Waals surface area contributed by atoms with E-state index in [-0.39, 0.29) is 0 Å². The Kier molecular flexibility index (Phi) is 6.70. The molecule has 0 atom stereocenters. The number of aromatic nitrogens is 3. The summed E-state index contributed by atoms with van der Waals surface area (Å²) in [6.45, 7) is 0. The molecule has 1 spiro atoms. The molecule has 242 valence electrons. The van der Waals surface area contributed by atoms with Gasteiger partial charge in [-0.3, -0.25) is 0 Å². The van der Waals surface area contributed by atoms with Gasteiger partial charge in [0, 0.05) is 27.8 Å². The highest BCUT2D eigenvalue weighted by Crippen LogP contribution is 2.62. The minimum atomic E-state index is -0.706. The Balaban J connectivity index is 1.23. The van der Waals surface area contributed by atoms with E-state index < -0.39 is 5.41 Å². The summed E-state index contributed by atoms with van der Waals surface area (Å²) in [6, 6.07) is 60.1. The third kappa shape index (κ3) is 4.45. The lowest BCUT2D eigenvalue weighted by atomic mass is 9.65. The molecule has 0 bridgehead atoms. The van der Waals surface area contributed by atoms with Crippen LogP contribution in [0.2, 0.25) is 0 Å². The van der Waals surface area contributed by atoms with E-state index in [1.54, 1.807) is 0 Å². The summed E-state index contributed by atoms with van der Waals surface area (Å²) in [6.07, 6.45) is 0. The van der Waals surface area contributed by atoms with E-state index in [9.17, 15) is 5.26 Å². The molecule has 0 saturated carbocycles. The van der Waals surface area contributed by atoms with Crippen molar-refractivity contribution in [1.29, 1.82) is 5.26 Å². The Morgan fingerprint density at radius 1 is 0.404 bits per heavy atom. The second-order valence-electron chi connectivity index (χ2n) is 13.1. The number of nitrogens with zero attached hydrogens (tertiary/aromatic N) is 4. The molecule has 0 saturated heterocycles. The minimum Gasteiger partial charge on any atom is -0.457 e. The second-order valence-corrected chi connectivity index (χ2v) is 13.1. The van der Waals surface area contributed by atoms with Crippen LogP contribution in [0.15, 0.2) is 170 Å². The third-order valence-corrected chi connectivity index (χ3v) is 10.2. The van der Waals surface area contributed by atoms with E-state index in [1.165, 1.54) is 0 Å². The van der Waals surface area contributed by atoms with Gasteiger partial charge < -0.3 is 4.74 Å². The predicted molar refractivity (Wildman–Crippen MR) is 204 cm³/mol. The van der Waals surface area contributed by atoms with Crippen LogP contribution in [-0.4, -0.2) is 15.0 Å². The molecule has 7 aromatic carbocycles. The number of benzene rings is 7. The Hall–Kier alpha value is -7.16. The summed E-state index contributed by atoms with van der Waals surface area (Å²) in [5, 5.41) is 10.1. The van der Waals surface area contributed by atoms with Gasteiger partial charge in [-0.25, -0.2) is 15.0 Å². The number of nitriles is 1. The van der Waals surface area contributed by atoms with Crippen molar-refractivity contribution < 1.29 is 4.74 Å². The van der Waals surface area contributed by atoms with E-state index in [4.69, 9.17) is 19.7 Å². The first-order valence-corrected chi connectivity index (χ1v) is 17.3. The van der Waals surface area contributed by atoms with Gasteiger partial charge >= 0.3 is 0 Å². The van der Waals surface area contributed by atoms with Crippen molar-refractivity contribution in [2.45, 2.75) is 5.41 Å². The fourth-order valence-electron chi connectivity index (χ4n) is 7.99. The maximum absolute atomic E-state index is 10.1. The molecule has 1 aliphatic carbocycles. The maximum Gasteiger partial charge on any atom is 0.164 e. The molecule has 8 aromatic rings. The molecular weight excluding hydrogens is 637 g/mol. The van der Waals surface area contributed by atoms with E-state index in [1.807, 2.05) is 97.1 Å². The van der Waals surface area contributed by atoms with Crippen LogP contribution < -0.4 is 4.74 Å². The van der Waals surface area contributed by atoms with Gasteiger partial charge in [0.25, 0.3) is 0 Å². The van der Waals surface area contributed by atoms with Gasteiger partial charge in [-0.1, -0.05) is 140 Å². The summed E-state index contributed by atoms with van der Waals surface area (Å²) >= 11 is 0. The number of hydrogen-bond donors (Lipinski definition) is 0. The summed E-state index contributed by atoms with van der Waals surface area (Å²) < 4.78 is 6.55. The minimum absolute atomic E-state index is 0.599. The van der Waals surface area contributed by atoms with Crippen LogP contribution in [-0.2, 0) is 5.41 Å². The van der Waals surface area contributed by atoms with E-state index in [2.05, 4.69) is 78.9 Å². The molecule has 1 aliphatic heterocycles. The largest absolute Gasteiger partial charge is 0.457 e. The zero-order valence-electron chi connectivity index (χ0n) is 27.9. The van der Waals surface area contributed by atoms with Crippen molar-refractivity contribution in [1.82, 2.24) is 15.0 Å². The lowest BCUT2D eigenvalue weighted by Gasteiger charge is -2.39. The fraction of sp³-hybridized carbons (Fsp3) is 0.0213. The monoisotopic (exact) mass is 664 g/mol. The summed E-state index contributed by atoms with van der Waals surface area (Å²) in [4.78, 5) is 15.1. The number of ether oxygens (including phenoxy) is 1. The molecular formula is C47H28N4O. The standard InChI is InChI=1S/C47H28N4O/c48-29-30-23-25-35-36-26-24-33(28-41(36)47(40(35)27-30)38-19-9-11-21-42(38)52-43-22-12-10-20-39(43)47)34-17-7-8-18-37(34)46-50-44(31-13-3-1-4-14-31)49-45(51-46)32-15-5-2-6-16-32/h1-28H. The van der Waals surface area contributed by atoms with Crippen molar-refractivity contribution >= 4 is 0 Å². The second kappa shape index (κ2) is 11.7. The molecule has 0 N–H and O–H groups in total. The first kappa shape index (κ1) is 29.7. The van der Waals surface area contributed by atoms with Crippen molar-refractivity contribution in [2.75, 3.05) is 0 Å². The number of hydrogen-bond acceptors (Lipinski definition) is 5. The molecule has 10 rings (SSSR count). The smallest absolute Gasteiger partial charge is 0.164 e. The van der Waals surface area contributed by atoms with Gasteiger partial charge in [-0.15, -0.1) is 0 Å². The van der Waals surface area contributed by atoms with Gasteiger partial charge in [-0.2, -0.15) is 5.26 Å². The maximum atomic E-state index is 10.1. The molecule has 0 amide bonds. The summed E-state index contributed by atoms with van der Waals surface area (Å²) in [5.41, 5.74) is 11.3. The zero-order chi connectivity index (χ0) is 34.6. The molecule has 5 nitrogen and oxygen atoms in total. The highest BCUT2D eigenvalue weighted by atomic mass is 16.5. The molecule has 2 heterocycles. The number of rotatable bonds is 4. The highest BCUT2D eigenvalue weighted by Gasteiger charge is 2.51. The molecule has 2 aliphatic rings. The molecule has 1 aromatic heterocycles. The normalized spacial score (nSPS) is 12.9. The van der Waals surface area contributed by atoms with Crippen molar-refractivity contribution in [3.05, 3.63) is 198 Å². The summed E-state index contributed by atoms with van der Waals surface area (Å²) in [5.74, 6) is 3.44. The van der Waals surface area contributed by atoms with Gasteiger partial charge in [0.2, 0.25) is 0 Å². The van der Waals surface area contributed by atoms with Crippen LogP contribution in [0.1, 0.15) is 27.8 Å². The highest BCUT2D eigenvalue weighted by molar-refractivity contribution is 5.92. The fourth-order valence-corrected chi connectivity index (χ4v) is 7.99. The van der Waals surface area contributed by atoms with Gasteiger partial charge in [0.15, 0.2) is 17.5 Å². The lowest BCUT2D eigenvalue weighted by Crippen LogP contribution is -2.32. The molecule has 52 heavy (non-hydrogen) atoms. The Bertz CT molecular complexity index is 2630. The number of fused-ring (bicyclic) bond motifs is 9. The zero-order valence-corrected chi connectivity index (χ0v) is 27.9. The number of para-hydroxylation sites is 2. The lowest BCUT2D eigenvalue weighted by molar-refractivity contribution is 0.436. The summed E-state index contributed by atoms with van der Waals surface area (Å²) in [7, 11) is 0. The van der Waals surface area contributed by atoms with Gasteiger partial charge in [-0.05, 0) is 63.7 Å². The predicted octanol–water partition coefficient (Wildman–Crippen LogP) is 10.9. The van der Waals surface area contributed by atoms with Gasteiger partial charge in [0.05, 0.1) is 17.0 Å². The van der Waals surface area contributed by atoms with Crippen LogP contribution in [0, 0.1) is 11.3 Å². The Morgan fingerprint density at radius 3 is 1.52 bits per heavy atom.